The van der Waals surface area contributed by atoms with Crippen LogP contribution >= 0.6 is 23.2 Å². The number of rotatable bonds is 0. The largest absolute Gasteiger partial charge is 0.397 e. The van der Waals surface area contributed by atoms with Crippen molar-refractivity contribution in [2.75, 3.05) is 5.73 Å². The fourth-order valence-electron chi connectivity index (χ4n) is 1.59. The molecular weight excluding hydrogens is 231 g/mol. The van der Waals surface area contributed by atoms with E-state index in [2.05, 4.69) is 4.98 Å². The minimum Gasteiger partial charge on any atom is -0.397 e. The van der Waals surface area contributed by atoms with Crippen LogP contribution in [0, 0.1) is 13.8 Å². The number of nitrogens with zero attached hydrogens (tertiary/aromatic N) is 1. The fourth-order valence-corrected chi connectivity index (χ4v) is 1.98. The van der Waals surface area contributed by atoms with Gasteiger partial charge in [-0.15, -0.1) is 0 Å². The summed E-state index contributed by atoms with van der Waals surface area (Å²) in [5, 5.41) is 1.81. The Bertz CT molecular complexity index is 550. The van der Waals surface area contributed by atoms with Crippen LogP contribution < -0.4 is 5.73 Å². The second kappa shape index (κ2) is 3.54. The van der Waals surface area contributed by atoms with Gasteiger partial charge in [0.25, 0.3) is 0 Å². The number of halogens is 2. The number of aryl methyl sites for hydroxylation is 2. The molecule has 4 heteroatoms. The van der Waals surface area contributed by atoms with E-state index in [1.165, 1.54) is 0 Å². The first kappa shape index (κ1) is 10.5. The molecule has 78 valence electrons. The van der Waals surface area contributed by atoms with E-state index in [0.717, 1.165) is 22.2 Å². The van der Waals surface area contributed by atoms with E-state index in [4.69, 9.17) is 28.9 Å². The van der Waals surface area contributed by atoms with Gasteiger partial charge in [0.15, 0.2) is 0 Å². The van der Waals surface area contributed by atoms with Gasteiger partial charge in [0.05, 0.1) is 26.9 Å². The first-order valence-corrected chi connectivity index (χ1v) is 5.28. The molecule has 0 aliphatic carbocycles. The van der Waals surface area contributed by atoms with Crippen LogP contribution in [0.1, 0.15) is 11.3 Å². The SMILES string of the molecule is Cc1nc2c(C)ccc(Cl)c2c(N)c1Cl. The molecule has 1 heterocycles. The van der Waals surface area contributed by atoms with Crippen molar-refractivity contribution in [1.29, 1.82) is 0 Å². The minimum absolute atomic E-state index is 0.481. The highest BCUT2D eigenvalue weighted by atomic mass is 35.5. The highest BCUT2D eigenvalue weighted by Gasteiger charge is 2.12. The predicted octanol–water partition coefficient (Wildman–Crippen LogP) is 3.74. The van der Waals surface area contributed by atoms with Crippen LogP contribution in [-0.2, 0) is 0 Å². The lowest BCUT2D eigenvalue weighted by atomic mass is 10.1. The Morgan fingerprint density at radius 1 is 1.20 bits per heavy atom. The Labute approximate surface area is 98.0 Å². The predicted molar refractivity (Wildman–Crippen MR) is 65.6 cm³/mol. The van der Waals surface area contributed by atoms with Crippen LogP contribution in [-0.4, -0.2) is 4.98 Å². The molecule has 2 nitrogen and oxygen atoms in total. The lowest BCUT2D eigenvalue weighted by molar-refractivity contribution is 1.24. The number of hydrogen-bond donors (Lipinski definition) is 1. The summed E-state index contributed by atoms with van der Waals surface area (Å²) >= 11 is 12.1. The summed E-state index contributed by atoms with van der Waals surface area (Å²) in [5.74, 6) is 0. The number of nitrogen functional groups attached to an aromatic ring is 1. The third-order valence-electron chi connectivity index (χ3n) is 2.43. The fraction of sp³-hybridized carbons (Fsp3) is 0.182. The molecule has 0 bridgehead atoms. The molecule has 2 aromatic rings. The van der Waals surface area contributed by atoms with E-state index in [1.54, 1.807) is 0 Å². The zero-order valence-electron chi connectivity index (χ0n) is 8.44. The Balaban J connectivity index is 3.04. The Morgan fingerprint density at radius 2 is 1.87 bits per heavy atom. The third kappa shape index (κ3) is 1.54. The molecule has 0 radical (unpaired) electrons. The molecule has 0 unspecified atom stereocenters. The number of nitrogens with two attached hydrogens (primary N) is 1. The number of aromatic nitrogens is 1. The van der Waals surface area contributed by atoms with Crippen molar-refractivity contribution in [2.45, 2.75) is 13.8 Å². The summed E-state index contributed by atoms with van der Waals surface area (Å²) in [5.41, 5.74) is 9.03. The second-order valence-corrected chi connectivity index (χ2v) is 4.30. The Kier molecular flexibility index (Phi) is 2.49. The molecule has 0 saturated heterocycles. The molecule has 0 aliphatic heterocycles. The van der Waals surface area contributed by atoms with Crippen molar-refractivity contribution < 1.29 is 0 Å². The van der Waals surface area contributed by atoms with Gasteiger partial charge in [-0.2, -0.15) is 0 Å². The smallest absolute Gasteiger partial charge is 0.0854 e. The average Bonchev–Trinajstić information content (AvgIpc) is 2.20. The molecule has 0 aliphatic rings. The topological polar surface area (TPSA) is 38.9 Å². The molecule has 1 aromatic carbocycles. The van der Waals surface area contributed by atoms with Gasteiger partial charge in [0.1, 0.15) is 0 Å². The van der Waals surface area contributed by atoms with Crippen molar-refractivity contribution in [1.82, 2.24) is 4.98 Å². The third-order valence-corrected chi connectivity index (χ3v) is 3.22. The second-order valence-electron chi connectivity index (χ2n) is 3.51. The molecule has 0 atom stereocenters. The molecular formula is C11H10Cl2N2. The van der Waals surface area contributed by atoms with Crippen molar-refractivity contribution in [3.63, 3.8) is 0 Å². The lowest BCUT2D eigenvalue weighted by Gasteiger charge is -2.10. The molecule has 0 fully saturated rings. The summed E-state index contributed by atoms with van der Waals surface area (Å²) in [6, 6.07) is 3.73. The van der Waals surface area contributed by atoms with Crippen molar-refractivity contribution in [3.8, 4) is 0 Å². The van der Waals surface area contributed by atoms with Crippen LogP contribution in [0.2, 0.25) is 10.0 Å². The van der Waals surface area contributed by atoms with Gasteiger partial charge in [0.2, 0.25) is 0 Å². The molecule has 15 heavy (non-hydrogen) atoms. The van der Waals surface area contributed by atoms with Gasteiger partial charge < -0.3 is 5.73 Å². The lowest BCUT2D eigenvalue weighted by Crippen LogP contribution is -1.96. The van der Waals surface area contributed by atoms with Crippen LogP contribution in [0.3, 0.4) is 0 Å². The normalized spacial score (nSPS) is 10.9. The van der Waals surface area contributed by atoms with E-state index in [9.17, 15) is 0 Å². The van der Waals surface area contributed by atoms with Crippen LogP contribution in [0.5, 0.6) is 0 Å². The maximum atomic E-state index is 6.08. The van der Waals surface area contributed by atoms with Gasteiger partial charge in [-0.25, -0.2) is 0 Å². The summed E-state index contributed by atoms with van der Waals surface area (Å²) < 4.78 is 0. The van der Waals surface area contributed by atoms with Gasteiger partial charge in [-0.3, -0.25) is 4.98 Å². The quantitative estimate of drug-likeness (QED) is 0.762. The number of benzene rings is 1. The maximum Gasteiger partial charge on any atom is 0.0854 e. The number of pyridine rings is 1. The first-order chi connectivity index (χ1) is 7.02. The van der Waals surface area contributed by atoms with Crippen molar-refractivity contribution in [3.05, 3.63) is 33.4 Å². The first-order valence-electron chi connectivity index (χ1n) is 4.52. The van der Waals surface area contributed by atoms with Crippen LogP contribution in [0.4, 0.5) is 5.69 Å². The van der Waals surface area contributed by atoms with E-state index in [-0.39, 0.29) is 0 Å². The van der Waals surface area contributed by atoms with E-state index in [0.29, 0.717) is 15.7 Å². The standard InChI is InChI=1S/C11H10Cl2N2/c1-5-3-4-7(12)8-10(14)9(13)6(2)15-11(5)8/h3-4H,1-2H3,(H2,14,15). The molecule has 1 aromatic heterocycles. The summed E-state index contributed by atoms with van der Waals surface area (Å²) in [4.78, 5) is 4.40. The number of fused-ring (bicyclic) bond motifs is 1. The van der Waals surface area contributed by atoms with E-state index < -0.39 is 0 Å². The van der Waals surface area contributed by atoms with Gasteiger partial charge in [-0.05, 0) is 25.5 Å². The summed E-state index contributed by atoms with van der Waals surface area (Å²) in [6.45, 7) is 3.80. The molecule has 0 amide bonds. The number of anilines is 1. The molecule has 0 saturated carbocycles. The summed E-state index contributed by atoms with van der Waals surface area (Å²) in [7, 11) is 0. The highest BCUT2D eigenvalue weighted by Crippen LogP contribution is 2.35. The zero-order chi connectivity index (χ0) is 11.2. The average molecular weight is 241 g/mol. The van der Waals surface area contributed by atoms with E-state index >= 15 is 0 Å². The molecule has 2 rings (SSSR count). The number of hydrogen-bond acceptors (Lipinski definition) is 2. The van der Waals surface area contributed by atoms with Crippen LogP contribution in [0.25, 0.3) is 10.9 Å². The monoisotopic (exact) mass is 240 g/mol. The van der Waals surface area contributed by atoms with Gasteiger partial charge in [0, 0.05) is 5.39 Å². The highest BCUT2D eigenvalue weighted by molar-refractivity contribution is 6.39. The maximum absolute atomic E-state index is 6.08. The Hall–Kier alpha value is -0.990. The molecule has 0 spiro atoms. The van der Waals surface area contributed by atoms with Crippen molar-refractivity contribution >= 4 is 39.8 Å². The summed E-state index contributed by atoms with van der Waals surface area (Å²) in [6.07, 6.45) is 0. The Morgan fingerprint density at radius 3 is 2.53 bits per heavy atom. The van der Waals surface area contributed by atoms with Gasteiger partial charge >= 0.3 is 0 Å². The van der Waals surface area contributed by atoms with Crippen LogP contribution in [0.15, 0.2) is 12.1 Å². The minimum atomic E-state index is 0.481. The zero-order valence-corrected chi connectivity index (χ0v) is 9.95. The van der Waals surface area contributed by atoms with Crippen molar-refractivity contribution in [2.24, 2.45) is 0 Å². The molecule has 2 N–H and O–H groups in total. The van der Waals surface area contributed by atoms with Gasteiger partial charge in [-0.1, -0.05) is 29.3 Å². The van der Waals surface area contributed by atoms with E-state index in [1.807, 2.05) is 26.0 Å².